The predicted molar refractivity (Wildman–Crippen MR) is 86.7 cm³/mol. The minimum atomic E-state index is -4.28. The molecule has 116 valence electrons. The van der Waals surface area contributed by atoms with Crippen LogP contribution in [0.15, 0.2) is 36.4 Å². The molecule has 0 amide bonds. The van der Waals surface area contributed by atoms with Gasteiger partial charge in [0.05, 0.1) is 6.61 Å². The third-order valence-corrected chi connectivity index (χ3v) is 2.93. The summed E-state index contributed by atoms with van der Waals surface area (Å²) >= 11 is 4.91. The van der Waals surface area contributed by atoms with E-state index in [-0.39, 0.29) is 6.61 Å². The lowest BCUT2D eigenvalue weighted by Gasteiger charge is -2.04. The van der Waals surface area contributed by atoms with Crippen LogP contribution in [0.5, 0.6) is 0 Å². The fourth-order valence-corrected chi connectivity index (χ4v) is 1.53. The zero-order valence-electron chi connectivity index (χ0n) is 11.9. The smallest absolute Gasteiger partial charge is 0.333 e. The molecule has 1 rings (SSSR count). The predicted octanol–water partition coefficient (Wildman–Crippen LogP) is 2.92. The number of hydrogen-bond acceptors (Lipinski definition) is 4. The van der Waals surface area contributed by atoms with Crippen molar-refractivity contribution < 1.29 is 18.9 Å². The molecule has 4 N–H and O–H groups in total. The Balaban J connectivity index is 0. The van der Waals surface area contributed by atoms with Gasteiger partial charge in [-0.25, -0.2) is 4.57 Å². The van der Waals surface area contributed by atoms with Crippen LogP contribution in [-0.4, -0.2) is 28.3 Å². The van der Waals surface area contributed by atoms with Gasteiger partial charge in [0.2, 0.25) is 0 Å². The Labute approximate surface area is 126 Å². The van der Waals surface area contributed by atoms with Gasteiger partial charge < -0.3 is 15.5 Å². The van der Waals surface area contributed by atoms with Crippen molar-refractivity contribution in [2.75, 3.05) is 13.7 Å². The van der Waals surface area contributed by atoms with E-state index in [1.54, 1.807) is 0 Å². The topological polar surface area (TPSA) is 92.8 Å². The molecule has 20 heavy (non-hydrogen) atoms. The van der Waals surface area contributed by atoms with E-state index in [0.717, 1.165) is 11.3 Å². The third kappa shape index (κ3) is 19.7. The molecule has 5 nitrogen and oxygen atoms in total. The van der Waals surface area contributed by atoms with E-state index in [1.807, 2.05) is 43.3 Å². The molecule has 0 saturated carbocycles. The molecule has 0 aliphatic carbocycles. The van der Waals surface area contributed by atoms with Gasteiger partial charge in [-0.3, -0.25) is 4.52 Å². The summed E-state index contributed by atoms with van der Waals surface area (Å²) in [4.78, 5) is 17.5. The summed E-state index contributed by atoms with van der Waals surface area (Å²) < 4.78 is 14.4. The zero-order valence-corrected chi connectivity index (χ0v) is 13.6. The average molecular weight is 321 g/mol. The van der Waals surface area contributed by atoms with Crippen molar-refractivity contribution in [2.45, 2.75) is 26.2 Å². The van der Waals surface area contributed by atoms with Crippen LogP contribution in [0, 0.1) is 0 Å². The number of hydrogen-bond donors (Lipinski definition) is 3. The van der Waals surface area contributed by atoms with E-state index in [1.165, 1.54) is 7.05 Å². The molecule has 0 aliphatic heterocycles. The Morgan fingerprint density at radius 1 is 1.15 bits per heavy atom. The van der Waals surface area contributed by atoms with Gasteiger partial charge in [-0.05, 0) is 31.2 Å². The van der Waals surface area contributed by atoms with Gasteiger partial charge in [-0.1, -0.05) is 55.5 Å². The van der Waals surface area contributed by atoms with E-state index >= 15 is 0 Å². The van der Waals surface area contributed by atoms with Crippen molar-refractivity contribution in [1.29, 1.82) is 0 Å². The van der Waals surface area contributed by atoms with Crippen molar-refractivity contribution in [3.8, 4) is 0 Å². The first-order valence-corrected chi connectivity index (χ1v) is 8.19. The maximum Gasteiger partial charge on any atom is 0.469 e. The summed E-state index contributed by atoms with van der Waals surface area (Å²) in [5, 5.41) is 0. The van der Waals surface area contributed by atoms with Gasteiger partial charge in [0.15, 0.2) is 0 Å². The van der Waals surface area contributed by atoms with Crippen LogP contribution in [0.3, 0.4) is 0 Å². The van der Waals surface area contributed by atoms with E-state index in [9.17, 15) is 4.57 Å². The van der Waals surface area contributed by atoms with Gasteiger partial charge in [0.1, 0.15) is 0 Å². The van der Waals surface area contributed by atoms with Crippen LogP contribution >= 0.6 is 20.0 Å². The molecule has 0 unspecified atom stereocenters. The summed E-state index contributed by atoms with van der Waals surface area (Å²) in [6.45, 7) is 2.01. The maximum atomic E-state index is 10.2. The Hall–Kier alpha value is -0.620. The monoisotopic (exact) mass is 321 g/mol. The molecule has 0 radical (unpaired) electrons. The second-order valence-corrected chi connectivity index (χ2v) is 5.29. The van der Waals surface area contributed by atoms with Crippen LogP contribution in [0.4, 0.5) is 0 Å². The molecular weight excluding hydrogens is 297 g/mol. The number of nitrogens with two attached hydrogens (primary N) is 1. The maximum absolute atomic E-state index is 10.2. The lowest BCUT2D eigenvalue weighted by atomic mass is 10.2. The van der Waals surface area contributed by atoms with E-state index in [2.05, 4.69) is 10.3 Å². The number of phosphoric ester groups is 1. The molecule has 0 atom stereocenters. The summed E-state index contributed by atoms with van der Waals surface area (Å²) in [6, 6.07) is 12.0. The largest absolute Gasteiger partial charge is 0.469 e. The number of thiocarbonyl (C=S) groups is 1. The summed E-state index contributed by atoms with van der Waals surface area (Å²) in [6.07, 6.45) is 2.08. The van der Waals surface area contributed by atoms with Crippen molar-refractivity contribution in [3.05, 3.63) is 36.4 Å². The Morgan fingerprint density at radius 3 is 1.85 bits per heavy atom. The highest BCUT2D eigenvalue weighted by atomic mass is 32.1. The van der Waals surface area contributed by atoms with E-state index in [0.29, 0.717) is 12.8 Å². The van der Waals surface area contributed by atoms with Crippen LogP contribution in [0.25, 0.3) is 0 Å². The van der Waals surface area contributed by atoms with Gasteiger partial charge in [-0.15, -0.1) is 0 Å². The van der Waals surface area contributed by atoms with E-state index in [4.69, 9.17) is 22.0 Å². The molecule has 0 spiro atoms. The highest BCUT2D eigenvalue weighted by Crippen LogP contribution is 2.35. The minimum absolute atomic E-state index is 0.0599. The fraction of sp³-hybridized carbons (Fsp3) is 0.462. The van der Waals surface area contributed by atoms with Crippen molar-refractivity contribution in [3.63, 3.8) is 0 Å². The van der Waals surface area contributed by atoms with Gasteiger partial charge in [-0.2, -0.15) is 0 Å². The van der Waals surface area contributed by atoms with Gasteiger partial charge >= 0.3 is 7.82 Å². The molecule has 1 aromatic carbocycles. The quantitative estimate of drug-likeness (QED) is 0.424. The third-order valence-electron chi connectivity index (χ3n) is 1.92. The molecular formula is C13H24NO4PS. The van der Waals surface area contributed by atoms with Crippen LogP contribution < -0.4 is 5.73 Å². The number of rotatable bonds is 6. The molecule has 0 fully saturated rings. The number of phosphoric acid groups is 1. The van der Waals surface area contributed by atoms with Gasteiger partial charge in [0, 0.05) is 0 Å². The van der Waals surface area contributed by atoms with Crippen LogP contribution in [-0.2, 0) is 9.09 Å². The first-order chi connectivity index (χ1) is 9.45. The lowest BCUT2D eigenvalue weighted by Crippen LogP contribution is -1.97. The second kappa shape index (κ2) is 14.8. The minimum Gasteiger partial charge on any atom is -0.333 e. The molecule has 7 heteroatoms. The van der Waals surface area contributed by atoms with Crippen LogP contribution in [0.1, 0.15) is 26.2 Å². The highest BCUT2D eigenvalue weighted by Gasteiger charge is 2.12. The number of benzene rings is 1. The Bertz CT molecular complexity index is 343. The summed E-state index contributed by atoms with van der Waals surface area (Å²) in [7, 11) is -2.78. The van der Waals surface area contributed by atoms with Gasteiger partial charge in [0.25, 0.3) is 0 Å². The first kappa shape index (κ1) is 21.7. The van der Waals surface area contributed by atoms with Crippen molar-refractivity contribution in [2.24, 2.45) is 5.73 Å². The normalized spacial score (nSPS) is 9.65. The Morgan fingerprint density at radius 2 is 1.55 bits per heavy atom. The zero-order chi connectivity index (χ0) is 15.9. The van der Waals surface area contributed by atoms with Crippen molar-refractivity contribution in [1.82, 2.24) is 0 Å². The molecule has 0 heterocycles. The van der Waals surface area contributed by atoms with Crippen LogP contribution in [0.2, 0.25) is 0 Å². The first-order valence-electron chi connectivity index (χ1n) is 6.25. The molecule has 0 bridgehead atoms. The van der Waals surface area contributed by atoms with E-state index < -0.39 is 7.82 Å². The average Bonchev–Trinajstić information content (AvgIpc) is 2.47. The fourth-order valence-electron chi connectivity index (χ4n) is 1.01. The SMILES string of the molecule is CCC(=S)CCCOP(=O)(O)O.CN.c1ccccc1. The lowest BCUT2D eigenvalue weighted by molar-refractivity contribution is 0.196. The molecule has 0 aromatic heterocycles. The highest BCUT2D eigenvalue weighted by molar-refractivity contribution is 7.80. The molecule has 0 aliphatic rings. The Kier molecular flexibility index (Phi) is 16.0. The molecule has 1 aromatic rings. The summed E-state index contributed by atoms with van der Waals surface area (Å²) in [5.74, 6) is 0. The summed E-state index contributed by atoms with van der Waals surface area (Å²) in [5.41, 5.74) is 4.50. The standard InChI is InChI=1S/C6H13O4PS.C6H6.CH5N/c1-2-6(12)4-3-5-10-11(7,8)9;1-2-4-6-5-3-1;1-2/h2-5H2,1H3,(H2,7,8,9);1-6H;2H2,1H3. The molecule has 0 saturated heterocycles. The van der Waals surface area contributed by atoms with Crippen molar-refractivity contribution >= 4 is 24.9 Å². The second-order valence-electron chi connectivity index (χ2n) is 3.47.